The number of pyridine rings is 1. The molecule has 1 heterocycles. The Labute approximate surface area is 101 Å². The Morgan fingerprint density at radius 2 is 2.00 bits per heavy atom. The fourth-order valence-corrected chi connectivity index (χ4v) is 1.23. The van der Waals surface area contributed by atoms with Crippen LogP contribution in [-0.2, 0) is 11.2 Å². The smallest absolute Gasteiger partial charge is 0.481 e. The van der Waals surface area contributed by atoms with Gasteiger partial charge >= 0.3 is 12.3 Å². The quantitative estimate of drug-likeness (QED) is 0.866. The number of carbonyl (C=O) groups is 1. The normalized spacial score (nSPS) is 11.7. The highest BCUT2D eigenvalue weighted by Crippen LogP contribution is 2.36. The summed E-state index contributed by atoms with van der Waals surface area (Å²) in [6, 6.07) is 0. The van der Waals surface area contributed by atoms with E-state index in [2.05, 4.69) is 9.72 Å². The van der Waals surface area contributed by atoms with Crippen molar-refractivity contribution < 1.29 is 41.0 Å². The number of hydrogen-bond donors (Lipinski definition) is 1. The third-order valence-corrected chi connectivity index (χ3v) is 1.85. The van der Waals surface area contributed by atoms with Gasteiger partial charge in [0.2, 0.25) is 0 Å². The van der Waals surface area contributed by atoms with Crippen molar-refractivity contribution in [2.45, 2.75) is 19.2 Å². The van der Waals surface area contributed by atoms with Crippen molar-refractivity contribution in [1.82, 2.24) is 4.98 Å². The maximum Gasteiger partial charge on any atom is 0.573 e. The van der Waals surface area contributed by atoms with Crippen LogP contribution in [0.4, 0.5) is 26.3 Å². The molecule has 0 radical (unpaired) electrons. The number of aromatic nitrogens is 1. The molecule has 0 fully saturated rings. The van der Waals surface area contributed by atoms with Crippen molar-refractivity contribution in [2.24, 2.45) is 0 Å². The van der Waals surface area contributed by atoms with Crippen LogP contribution < -0.4 is 4.74 Å². The molecule has 0 spiro atoms. The van der Waals surface area contributed by atoms with E-state index < -0.39 is 48.0 Å². The lowest BCUT2D eigenvalue weighted by molar-refractivity contribution is -0.275. The van der Waals surface area contributed by atoms with Crippen LogP contribution in [0.25, 0.3) is 0 Å². The van der Waals surface area contributed by atoms with Gasteiger partial charge in [0.25, 0.3) is 6.43 Å². The van der Waals surface area contributed by atoms with Gasteiger partial charge in [-0.2, -0.15) is 0 Å². The Morgan fingerprint density at radius 1 is 1.42 bits per heavy atom. The van der Waals surface area contributed by atoms with Gasteiger partial charge in [0.05, 0.1) is 23.9 Å². The summed E-state index contributed by atoms with van der Waals surface area (Å²) in [4.78, 5) is 13.4. The molecule has 0 bridgehead atoms. The molecule has 19 heavy (non-hydrogen) atoms. The van der Waals surface area contributed by atoms with E-state index in [1.807, 2.05) is 0 Å². The summed E-state index contributed by atoms with van der Waals surface area (Å²) in [6.45, 7) is 0. The molecule has 106 valence electrons. The predicted octanol–water partition coefficient (Wildman–Crippen LogP) is 2.68. The number of alkyl halides is 5. The Hall–Kier alpha value is -2.00. The molecule has 1 aromatic heterocycles. The summed E-state index contributed by atoms with van der Waals surface area (Å²) in [5.41, 5.74) is -2.62. The van der Waals surface area contributed by atoms with E-state index in [9.17, 15) is 31.1 Å². The molecule has 0 aliphatic carbocycles. The van der Waals surface area contributed by atoms with Gasteiger partial charge in [0.1, 0.15) is 0 Å². The SMILES string of the molecule is O=C(O)Cc1ncc(F)c(C(F)F)c1OC(F)(F)F. The number of halogens is 6. The molecule has 0 amide bonds. The number of aliphatic carboxylic acids is 1. The zero-order chi connectivity index (χ0) is 14.8. The van der Waals surface area contributed by atoms with Crippen LogP contribution in [0.15, 0.2) is 6.20 Å². The minimum Gasteiger partial charge on any atom is -0.481 e. The van der Waals surface area contributed by atoms with Crippen LogP contribution in [0.3, 0.4) is 0 Å². The van der Waals surface area contributed by atoms with E-state index in [-0.39, 0.29) is 6.20 Å². The molecule has 0 saturated heterocycles. The van der Waals surface area contributed by atoms with E-state index >= 15 is 0 Å². The Morgan fingerprint density at radius 3 is 2.42 bits per heavy atom. The molecule has 0 aromatic carbocycles. The third kappa shape index (κ3) is 4.00. The predicted molar refractivity (Wildman–Crippen MR) is 47.2 cm³/mol. The minimum atomic E-state index is -5.38. The first-order valence-electron chi connectivity index (χ1n) is 4.54. The van der Waals surface area contributed by atoms with Gasteiger partial charge in [-0.05, 0) is 0 Å². The van der Waals surface area contributed by atoms with E-state index in [0.717, 1.165) is 0 Å². The minimum absolute atomic E-state index is 0.211. The lowest BCUT2D eigenvalue weighted by atomic mass is 10.1. The highest BCUT2D eigenvalue weighted by atomic mass is 19.4. The topological polar surface area (TPSA) is 59.4 Å². The summed E-state index contributed by atoms with van der Waals surface area (Å²) in [5.74, 6) is -4.97. The van der Waals surface area contributed by atoms with Crippen LogP contribution >= 0.6 is 0 Å². The van der Waals surface area contributed by atoms with E-state index in [1.165, 1.54) is 0 Å². The standard InChI is InChI=1S/C9H5F6NO3/c10-3-2-16-4(1-5(17)18)7(6(3)8(11)12)19-9(13,14)15/h2,8H,1H2,(H,17,18). The first-order valence-corrected chi connectivity index (χ1v) is 4.54. The fraction of sp³-hybridized carbons (Fsp3) is 0.333. The largest absolute Gasteiger partial charge is 0.573 e. The number of carboxylic acid groups (broad SMARTS) is 1. The zero-order valence-electron chi connectivity index (χ0n) is 8.84. The van der Waals surface area contributed by atoms with Crippen molar-refractivity contribution >= 4 is 5.97 Å². The third-order valence-electron chi connectivity index (χ3n) is 1.85. The molecule has 1 aromatic rings. The van der Waals surface area contributed by atoms with Crippen molar-refractivity contribution in [2.75, 3.05) is 0 Å². The molecule has 10 heteroatoms. The zero-order valence-corrected chi connectivity index (χ0v) is 8.84. The summed E-state index contributed by atoms with van der Waals surface area (Å²) >= 11 is 0. The van der Waals surface area contributed by atoms with E-state index in [1.54, 1.807) is 0 Å². The van der Waals surface area contributed by atoms with Gasteiger partial charge in [-0.15, -0.1) is 13.2 Å². The fourth-order valence-electron chi connectivity index (χ4n) is 1.23. The van der Waals surface area contributed by atoms with Gasteiger partial charge in [-0.1, -0.05) is 0 Å². The second kappa shape index (κ2) is 5.33. The van der Waals surface area contributed by atoms with Crippen molar-refractivity contribution in [3.05, 3.63) is 23.3 Å². The van der Waals surface area contributed by atoms with E-state index in [0.29, 0.717) is 0 Å². The first-order chi connectivity index (χ1) is 8.61. The Bertz CT molecular complexity index is 488. The van der Waals surface area contributed by atoms with Crippen molar-refractivity contribution in [3.8, 4) is 5.75 Å². The number of nitrogens with zero attached hydrogens (tertiary/aromatic N) is 1. The van der Waals surface area contributed by atoms with Crippen LogP contribution in [0.5, 0.6) is 5.75 Å². The van der Waals surface area contributed by atoms with Gasteiger partial charge < -0.3 is 9.84 Å². The summed E-state index contributed by atoms with van der Waals surface area (Å²) in [6.07, 6.45) is -9.91. The summed E-state index contributed by atoms with van der Waals surface area (Å²) in [5, 5.41) is 8.43. The Balaban J connectivity index is 3.39. The van der Waals surface area contributed by atoms with Crippen LogP contribution in [-0.4, -0.2) is 22.4 Å². The molecule has 1 N–H and O–H groups in total. The number of hydrogen-bond acceptors (Lipinski definition) is 3. The summed E-state index contributed by atoms with van der Waals surface area (Å²) in [7, 11) is 0. The average Bonchev–Trinajstić information content (AvgIpc) is 2.18. The molecule has 0 atom stereocenters. The molecule has 0 aliphatic rings. The lowest BCUT2D eigenvalue weighted by Crippen LogP contribution is -2.21. The summed E-state index contributed by atoms with van der Waals surface area (Å²) < 4.78 is 77.6. The monoisotopic (exact) mass is 289 g/mol. The van der Waals surface area contributed by atoms with Crippen molar-refractivity contribution in [3.63, 3.8) is 0 Å². The average molecular weight is 289 g/mol. The van der Waals surface area contributed by atoms with Crippen LogP contribution in [0.1, 0.15) is 17.7 Å². The highest BCUT2D eigenvalue weighted by Gasteiger charge is 2.36. The van der Waals surface area contributed by atoms with Gasteiger partial charge in [0, 0.05) is 0 Å². The molecule has 1 rings (SSSR count). The second-order valence-electron chi connectivity index (χ2n) is 3.21. The molecule has 0 saturated carbocycles. The number of carboxylic acids is 1. The van der Waals surface area contributed by atoms with Crippen LogP contribution in [0, 0.1) is 5.82 Å². The van der Waals surface area contributed by atoms with Crippen molar-refractivity contribution in [1.29, 1.82) is 0 Å². The molecular formula is C9H5F6NO3. The van der Waals surface area contributed by atoms with E-state index in [4.69, 9.17) is 5.11 Å². The number of rotatable bonds is 4. The first kappa shape index (κ1) is 15.1. The Kier molecular flexibility index (Phi) is 4.22. The van der Waals surface area contributed by atoms with Gasteiger partial charge in [-0.3, -0.25) is 9.78 Å². The second-order valence-corrected chi connectivity index (χ2v) is 3.21. The van der Waals surface area contributed by atoms with Gasteiger partial charge in [-0.25, -0.2) is 13.2 Å². The van der Waals surface area contributed by atoms with Gasteiger partial charge in [0.15, 0.2) is 11.6 Å². The molecule has 0 unspecified atom stereocenters. The molecule has 0 aliphatic heterocycles. The number of ether oxygens (including phenoxy) is 1. The lowest BCUT2D eigenvalue weighted by Gasteiger charge is -2.15. The van der Waals surface area contributed by atoms with Crippen LogP contribution in [0.2, 0.25) is 0 Å². The highest BCUT2D eigenvalue weighted by molar-refractivity contribution is 5.70. The molecular weight excluding hydrogens is 284 g/mol. The molecule has 4 nitrogen and oxygen atoms in total. The maximum absolute atomic E-state index is 13.1. The maximum atomic E-state index is 13.1.